The minimum atomic E-state index is -0.487. The second-order valence-corrected chi connectivity index (χ2v) is 8.78. The van der Waals surface area contributed by atoms with Gasteiger partial charge in [0.05, 0.1) is 27.3 Å². The standard InChI is InChI=1S/C25H22N4O4S/c1-16-8-9-20(14-17(16)2)28-24(31)21-6-4-5-7-22(21)26-25(28)34-15-23(30)27(3)18-10-12-19(13-11-18)29(32)33/h4-14H,15H2,1-3H3. The quantitative estimate of drug-likeness (QED) is 0.174. The van der Waals surface area contributed by atoms with Crippen molar-refractivity contribution < 1.29 is 9.72 Å². The van der Waals surface area contributed by atoms with E-state index < -0.39 is 4.92 Å². The van der Waals surface area contributed by atoms with Crippen LogP contribution in [-0.2, 0) is 4.79 Å². The first-order valence-electron chi connectivity index (χ1n) is 10.5. The van der Waals surface area contributed by atoms with E-state index in [0.29, 0.717) is 27.4 Å². The van der Waals surface area contributed by atoms with Crippen LogP contribution < -0.4 is 10.5 Å². The number of thioether (sulfide) groups is 1. The van der Waals surface area contributed by atoms with Crippen molar-refractivity contribution in [1.29, 1.82) is 0 Å². The van der Waals surface area contributed by atoms with Gasteiger partial charge in [0, 0.05) is 24.9 Å². The van der Waals surface area contributed by atoms with Crippen LogP contribution in [0.4, 0.5) is 11.4 Å². The molecule has 0 unspecified atom stereocenters. The van der Waals surface area contributed by atoms with Gasteiger partial charge in [-0.1, -0.05) is 30.0 Å². The zero-order chi connectivity index (χ0) is 24.4. The number of nitro benzene ring substituents is 1. The van der Waals surface area contributed by atoms with Gasteiger partial charge in [-0.15, -0.1) is 0 Å². The second kappa shape index (κ2) is 9.48. The fourth-order valence-electron chi connectivity index (χ4n) is 3.47. The van der Waals surface area contributed by atoms with Crippen LogP contribution in [0.15, 0.2) is 76.7 Å². The molecule has 0 spiro atoms. The number of fused-ring (bicyclic) bond motifs is 1. The number of carbonyl (C=O) groups excluding carboxylic acids is 1. The van der Waals surface area contributed by atoms with Crippen molar-refractivity contribution in [3.05, 3.63) is 98.3 Å². The first kappa shape index (κ1) is 23.2. The van der Waals surface area contributed by atoms with Crippen molar-refractivity contribution >= 4 is 39.9 Å². The summed E-state index contributed by atoms with van der Waals surface area (Å²) in [5, 5.41) is 11.8. The van der Waals surface area contributed by atoms with Crippen molar-refractivity contribution in [2.75, 3.05) is 17.7 Å². The molecule has 1 heterocycles. The number of aryl methyl sites for hydroxylation is 2. The van der Waals surface area contributed by atoms with Gasteiger partial charge in [-0.05, 0) is 61.4 Å². The molecule has 1 aromatic heterocycles. The molecule has 0 bridgehead atoms. The number of nitro groups is 1. The lowest BCUT2D eigenvalue weighted by Crippen LogP contribution is -2.28. The normalized spacial score (nSPS) is 10.9. The van der Waals surface area contributed by atoms with E-state index in [2.05, 4.69) is 4.98 Å². The van der Waals surface area contributed by atoms with Crippen LogP contribution in [-0.4, -0.2) is 33.2 Å². The molecule has 3 aromatic carbocycles. The number of amides is 1. The lowest BCUT2D eigenvalue weighted by Gasteiger charge is -2.18. The van der Waals surface area contributed by atoms with E-state index in [9.17, 15) is 19.7 Å². The van der Waals surface area contributed by atoms with Crippen molar-refractivity contribution in [1.82, 2.24) is 9.55 Å². The summed E-state index contributed by atoms with van der Waals surface area (Å²) in [7, 11) is 1.61. The minimum absolute atomic E-state index is 0.0309. The molecule has 0 fully saturated rings. The number of para-hydroxylation sites is 1. The molecule has 0 radical (unpaired) electrons. The van der Waals surface area contributed by atoms with E-state index in [1.807, 2.05) is 38.1 Å². The largest absolute Gasteiger partial charge is 0.315 e. The first-order valence-corrected chi connectivity index (χ1v) is 11.5. The Kier molecular flexibility index (Phi) is 6.47. The van der Waals surface area contributed by atoms with E-state index in [4.69, 9.17) is 0 Å². The number of nitrogens with zero attached hydrogens (tertiary/aromatic N) is 4. The first-order chi connectivity index (χ1) is 16.3. The fraction of sp³-hybridized carbons (Fsp3) is 0.160. The molecule has 34 heavy (non-hydrogen) atoms. The van der Waals surface area contributed by atoms with Gasteiger partial charge >= 0.3 is 0 Å². The third kappa shape index (κ3) is 4.55. The van der Waals surface area contributed by atoms with Crippen LogP contribution in [0.2, 0.25) is 0 Å². The van der Waals surface area contributed by atoms with Gasteiger partial charge in [0.15, 0.2) is 5.16 Å². The smallest absolute Gasteiger partial charge is 0.269 e. The zero-order valence-corrected chi connectivity index (χ0v) is 19.7. The summed E-state index contributed by atoms with van der Waals surface area (Å²) < 4.78 is 1.54. The van der Waals surface area contributed by atoms with Gasteiger partial charge in [-0.3, -0.25) is 24.3 Å². The molecule has 4 rings (SSSR count). The highest BCUT2D eigenvalue weighted by molar-refractivity contribution is 7.99. The average molecular weight is 475 g/mol. The number of hydrogen-bond donors (Lipinski definition) is 0. The summed E-state index contributed by atoms with van der Waals surface area (Å²) in [4.78, 5) is 42.8. The Bertz CT molecular complexity index is 1460. The van der Waals surface area contributed by atoms with Crippen LogP contribution in [0.25, 0.3) is 16.6 Å². The Morgan fingerprint density at radius 2 is 1.76 bits per heavy atom. The summed E-state index contributed by atoms with van der Waals surface area (Å²) >= 11 is 1.17. The number of rotatable bonds is 6. The topological polar surface area (TPSA) is 98.3 Å². The Morgan fingerprint density at radius 1 is 1.06 bits per heavy atom. The maximum absolute atomic E-state index is 13.4. The molecule has 0 aliphatic rings. The number of hydrogen-bond acceptors (Lipinski definition) is 6. The predicted molar refractivity (Wildman–Crippen MR) is 134 cm³/mol. The van der Waals surface area contributed by atoms with E-state index in [0.717, 1.165) is 11.1 Å². The van der Waals surface area contributed by atoms with Crippen molar-refractivity contribution in [3.63, 3.8) is 0 Å². The number of carbonyl (C=O) groups is 1. The van der Waals surface area contributed by atoms with E-state index in [1.165, 1.54) is 40.9 Å². The lowest BCUT2D eigenvalue weighted by atomic mass is 10.1. The highest BCUT2D eigenvalue weighted by Gasteiger charge is 2.18. The molecule has 8 nitrogen and oxygen atoms in total. The molecule has 4 aromatic rings. The maximum Gasteiger partial charge on any atom is 0.269 e. The second-order valence-electron chi connectivity index (χ2n) is 7.84. The summed E-state index contributed by atoms with van der Waals surface area (Å²) in [6.45, 7) is 3.98. The molecule has 0 saturated heterocycles. The Hall–Kier alpha value is -3.98. The van der Waals surface area contributed by atoms with Gasteiger partial charge in [0.25, 0.3) is 11.2 Å². The van der Waals surface area contributed by atoms with Crippen LogP contribution in [0, 0.1) is 24.0 Å². The summed E-state index contributed by atoms with van der Waals surface area (Å²) in [5.74, 6) is -0.198. The zero-order valence-electron chi connectivity index (χ0n) is 18.9. The van der Waals surface area contributed by atoms with Crippen molar-refractivity contribution in [2.45, 2.75) is 19.0 Å². The molecule has 0 atom stereocenters. The number of non-ortho nitro benzene ring substituents is 1. The molecule has 1 amide bonds. The summed E-state index contributed by atoms with van der Waals surface area (Å²) in [5.41, 5.74) is 3.69. The molecule has 0 aliphatic carbocycles. The highest BCUT2D eigenvalue weighted by Crippen LogP contribution is 2.24. The highest BCUT2D eigenvalue weighted by atomic mass is 32.2. The van der Waals surface area contributed by atoms with E-state index in [1.54, 1.807) is 29.8 Å². The fourth-order valence-corrected chi connectivity index (χ4v) is 4.39. The van der Waals surface area contributed by atoms with Crippen molar-refractivity contribution in [2.24, 2.45) is 0 Å². The number of benzene rings is 3. The third-order valence-electron chi connectivity index (χ3n) is 5.64. The molecule has 0 N–H and O–H groups in total. The predicted octanol–water partition coefficient (Wildman–Crippen LogP) is 4.67. The van der Waals surface area contributed by atoms with Crippen LogP contribution in [0.1, 0.15) is 11.1 Å². The van der Waals surface area contributed by atoms with E-state index in [-0.39, 0.29) is 22.9 Å². The van der Waals surface area contributed by atoms with E-state index >= 15 is 0 Å². The summed E-state index contributed by atoms with van der Waals surface area (Å²) in [6.07, 6.45) is 0. The summed E-state index contributed by atoms with van der Waals surface area (Å²) in [6, 6.07) is 18.7. The number of anilines is 1. The van der Waals surface area contributed by atoms with Gasteiger partial charge < -0.3 is 4.90 Å². The molecule has 0 saturated carbocycles. The molecular formula is C25H22N4O4S. The van der Waals surface area contributed by atoms with Gasteiger partial charge in [-0.25, -0.2) is 4.98 Å². The minimum Gasteiger partial charge on any atom is -0.315 e. The molecule has 172 valence electrons. The number of aromatic nitrogens is 2. The molecule has 0 aliphatic heterocycles. The van der Waals surface area contributed by atoms with Crippen LogP contribution in [0.5, 0.6) is 0 Å². The van der Waals surface area contributed by atoms with Gasteiger partial charge in [0.2, 0.25) is 5.91 Å². The Morgan fingerprint density at radius 3 is 2.44 bits per heavy atom. The monoisotopic (exact) mass is 474 g/mol. The lowest BCUT2D eigenvalue weighted by molar-refractivity contribution is -0.384. The average Bonchev–Trinajstić information content (AvgIpc) is 2.84. The molecular weight excluding hydrogens is 452 g/mol. The van der Waals surface area contributed by atoms with Gasteiger partial charge in [0.1, 0.15) is 0 Å². The Balaban J connectivity index is 1.67. The third-order valence-corrected chi connectivity index (χ3v) is 6.56. The Labute approximate surface area is 200 Å². The van der Waals surface area contributed by atoms with Crippen LogP contribution >= 0.6 is 11.8 Å². The van der Waals surface area contributed by atoms with Crippen molar-refractivity contribution in [3.8, 4) is 5.69 Å². The SMILES string of the molecule is Cc1ccc(-n2c(SCC(=O)N(C)c3ccc([N+](=O)[O-])cc3)nc3ccccc3c2=O)cc1C. The molecule has 9 heteroatoms. The maximum atomic E-state index is 13.4. The van der Waals surface area contributed by atoms with Crippen LogP contribution in [0.3, 0.4) is 0 Å². The van der Waals surface area contributed by atoms with Gasteiger partial charge in [-0.2, -0.15) is 0 Å².